The SMILES string of the molecule is COc1ccc(C2=NN(C(=O)c3ccc(Br)o3)[C@H](c3cccc(Cl)c3)C2)cc1OC. The maximum Gasteiger partial charge on any atom is 0.310 e. The zero-order valence-corrected chi connectivity index (χ0v) is 18.6. The van der Waals surface area contributed by atoms with Gasteiger partial charge in [-0.1, -0.05) is 23.7 Å². The molecule has 30 heavy (non-hydrogen) atoms. The largest absolute Gasteiger partial charge is 0.493 e. The number of carbonyl (C=O) groups is 1. The van der Waals surface area contributed by atoms with Gasteiger partial charge in [0, 0.05) is 17.0 Å². The standard InChI is InChI=1S/C22H18BrClN2O4/c1-28-18-7-6-13(11-20(18)29-2)16-12-17(14-4-3-5-15(24)10-14)26(25-16)22(27)19-8-9-21(23)30-19/h3-11,17H,12H2,1-2H3/t17-/m0/s1. The Hall–Kier alpha value is -2.77. The molecule has 0 fully saturated rings. The third-order valence-electron chi connectivity index (χ3n) is 4.85. The van der Waals surface area contributed by atoms with E-state index >= 15 is 0 Å². The molecular formula is C22H18BrClN2O4. The molecule has 0 radical (unpaired) electrons. The van der Waals surface area contributed by atoms with Crippen LogP contribution in [0.2, 0.25) is 5.02 Å². The number of carbonyl (C=O) groups excluding carboxylic acids is 1. The molecule has 2 aromatic carbocycles. The molecule has 2 heterocycles. The second-order valence-electron chi connectivity index (χ2n) is 6.64. The molecule has 0 unspecified atom stereocenters. The summed E-state index contributed by atoms with van der Waals surface area (Å²) < 4.78 is 16.7. The van der Waals surface area contributed by atoms with Gasteiger partial charge in [-0.2, -0.15) is 5.10 Å². The van der Waals surface area contributed by atoms with Crippen molar-refractivity contribution in [3.8, 4) is 11.5 Å². The predicted octanol–water partition coefficient (Wildman–Crippen LogP) is 5.70. The van der Waals surface area contributed by atoms with E-state index < -0.39 is 0 Å². The first-order valence-electron chi connectivity index (χ1n) is 9.14. The monoisotopic (exact) mass is 488 g/mol. The van der Waals surface area contributed by atoms with Crippen LogP contribution >= 0.6 is 27.5 Å². The van der Waals surface area contributed by atoms with Crippen LogP contribution in [0, 0.1) is 0 Å². The average molecular weight is 490 g/mol. The van der Waals surface area contributed by atoms with Gasteiger partial charge in [0.25, 0.3) is 0 Å². The molecule has 1 atom stereocenters. The summed E-state index contributed by atoms with van der Waals surface area (Å²) in [7, 11) is 3.17. The van der Waals surface area contributed by atoms with E-state index in [0.29, 0.717) is 27.6 Å². The first kappa shape index (κ1) is 20.5. The van der Waals surface area contributed by atoms with Crippen LogP contribution in [-0.4, -0.2) is 30.8 Å². The second kappa shape index (κ2) is 8.53. The Balaban J connectivity index is 1.74. The smallest absolute Gasteiger partial charge is 0.310 e. The van der Waals surface area contributed by atoms with E-state index in [1.54, 1.807) is 32.4 Å². The minimum atomic E-state index is -0.332. The highest BCUT2D eigenvalue weighted by Crippen LogP contribution is 2.37. The molecule has 0 bridgehead atoms. The van der Waals surface area contributed by atoms with Crippen LogP contribution in [0.25, 0.3) is 0 Å². The molecule has 6 nitrogen and oxygen atoms in total. The Kier molecular flexibility index (Phi) is 5.83. The van der Waals surface area contributed by atoms with Crippen molar-refractivity contribution in [1.29, 1.82) is 0 Å². The van der Waals surface area contributed by atoms with Gasteiger partial charge in [0.05, 0.1) is 26.0 Å². The number of nitrogens with zero attached hydrogens (tertiary/aromatic N) is 2. The van der Waals surface area contributed by atoms with Gasteiger partial charge in [0.15, 0.2) is 21.9 Å². The fourth-order valence-electron chi connectivity index (χ4n) is 3.40. The van der Waals surface area contributed by atoms with Gasteiger partial charge in [0.2, 0.25) is 0 Å². The van der Waals surface area contributed by atoms with Crippen molar-refractivity contribution in [1.82, 2.24) is 5.01 Å². The molecule has 1 aliphatic heterocycles. The molecule has 0 N–H and O–H groups in total. The molecule has 0 spiro atoms. The van der Waals surface area contributed by atoms with Gasteiger partial charge >= 0.3 is 5.91 Å². The van der Waals surface area contributed by atoms with E-state index in [1.807, 2.05) is 36.4 Å². The van der Waals surface area contributed by atoms with Crippen molar-refractivity contribution in [2.45, 2.75) is 12.5 Å². The molecule has 8 heteroatoms. The number of methoxy groups -OCH3 is 2. The summed E-state index contributed by atoms with van der Waals surface area (Å²) in [5, 5.41) is 6.69. The maximum absolute atomic E-state index is 13.2. The Morgan fingerprint density at radius 2 is 1.93 bits per heavy atom. The number of halogens is 2. The summed E-state index contributed by atoms with van der Waals surface area (Å²) >= 11 is 9.44. The lowest BCUT2D eigenvalue weighted by Gasteiger charge is -2.21. The molecule has 0 aliphatic carbocycles. The fraction of sp³-hybridized carbons (Fsp3) is 0.182. The van der Waals surface area contributed by atoms with Crippen LogP contribution in [0.4, 0.5) is 0 Å². The summed E-state index contributed by atoms with van der Waals surface area (Å²) in [5.74, 6) is 1.09. The Morgan fingerprint density at radius 3 is 2.60 bits per heavy atom. The molecular weight excluding hydrogens is 472 g/mol. The van der Waals surface area contributed by atoms with Crippen LogP contribution in [-0.2, 0) is 0 Å². The van der Waals surface area contributed by atoms with Gasteiger partial charge in [-0.05, 0) is 64.0 Å². The third kappa shape index (κ3) is 3.95. The van der Waals surface area contributed by atoms with Gasteiger partial charge < -0.3 is 13.9 Å². The summed E-state index contributed by atoms with van der Waals surface area (Å²) in [5.41, 5.74) is 2.48. The van der Waals surface area contributed by atoms with Crippen molar-refractivity contribution in [2.24, 2.45) is 5.10 Å². The minimum absolute atomic E-state index is 0.200. The molecule has 154 valence electrons. The quantitative estimate of drug-likeness (QED) is 0.461. The number of hydrogen-bond donors (Lipinski definition) is 0. The van der Waals surface area contributed by atoms with Crippen molar-refractivity contribution >= 4 is 39.1 Å². The third-order valence-corrected chi connectivity index (χ3v) is 5.51. The number of ether oxygens (including phenoxy) is 2. The number of hydrogen-bond acceptors (Lipinski definition) is 5. The minimum Gasteiger partial charge on any atom is -0.493 e. The van der Waals surface area contributed by atoms with Crippen molar-refractivity contribution in [3.05, 3.63) is 81.2 Å². The zero-order chi connectivity index (χ0) is 21.3. The highest BCUT2D eigenvalue weighted by atomic mass is 79.9. The van der Waals surface area contributed by atoms with Gasteiger partial charge in [-0.3, -0.25) is 4.79 Å². The average Bonchev–Trinajstić information content (AvgIpc) is 3.39. The van der Waals surface area contributed by atoms with Gasteiger partial charge in [-0.15, -0.1) is 0 Å². The topological polar surface area (TPSA) is 64.3 Å². The van der Waals surface area contributed by atoms with E-state index in [-0.39, 0.29) is 17.7 Å². The second-order valence-corrected chi connectivity index (χ2v) is 7.86. The van der Waals surface area contributed by atoms with Crippen LogP contribution < -0.4 is 9.47 Å². The summed E-state index contributed by atoms with van der Waals surface area (Å²) in [6, 6.07) is 16.0. The number of amides is 1. The number of benzene rings is 2. The lowest BCUT2D eigenvalue weighted by atomic mass is 9.98. The molecule has 4 rings (SSSR count). The summed E-state index contributed by atoms with van der Waals surface area (Å²) in [6.45, 7) is 0. The fourth-order valence-corrected chi connectivity index (χ4v) is 3.91. The highest BCUT2D eigenvalue weighted by Gasteiger charge is 2.35. The lowest BCUT2D eigenvalue weighted by molar-refractivity contribution is 0.0677. The van der Waals surface area contributed by atoms with E-state index in [1.165, 1.54) is 5.01 Å². The Bertz CT molecular complexity index is 1130. The molecule has 1 aromatic heterocycles. The first-order chi connectivity index (χ1) is 14.5. The summed E-state index contributed by atoms with van der Waals surface area (Å²) in [4.78, 5) is 13.2. The van der Waals surface area contributed by atoms with Gasteiger partial charge in [-0.25, -0.2) is 5.01 Å². The van der Waals surface area contributed by atoms with Crippen LogP contribution in [0.1, 0.15) is 34.1 Å². The molecule has 0 saturated heterocycles. The highest BCUT2D eigenvalue weighted by molar-refractivity contribution is 9.10. The zero-order valence-electron chi connectivity index (χ0n) is 16.3. The normalized spacial score (nSPS) is 15.8. The molecule has 3 aromatic rings. The van der Waals surface area contributed by atoms with E-state index in [4.69, 9.17) is 25.5 Å². The van der Waals surface area contributed by atoms with Crippen LogP contribution in [0.5, 0.6) is 11.5 Å². The van der Waals surface area contributed by atoms with Crippen LogP contribution in [0.3, 0.4) is 0 Å². The van der Waals surface area contributed by atoms with E-state index in [0.717, 1.165) is 16.8 Å². The lowest BCUT2D eigenvalue weighted by Crippen LogP contribution is -2.26. The summed E-state index contributed by atoms with van der Waals surface area (Å²) in [6.07, 6.45) is 0.517. The predicted molar refractivity (Wildman–Crippen MR) is 117 cm³/mol. The number of hydrazone groups is 1. The molecule has 1 aliphatic rings. The number of rotatable bonds is 5. The van der Waals surface area contributed by atoms with Crippen molar-refractivity contribution in [2.75, 3.05) is 14.2 Å². The van der Waals surface area contributed by atoms with E-state index in [9.17, 15) is 4.79 Å². The molecule has 0 saturated carbocycles. The Morgan fingerprint density at radius 1 is 1.13 bits per heavy atom. The van der Waals surface area contributed by atoms with E-state index in [2.05, 4.69) is 21.0 Å². The van der Waals surface area contributed by atoms with Crippen molar-refractivity contribution < 1.29 is 18.7 Å². The number of furan rings is 1. The first-order valence-corrected chi connectivity index (χ1v) is 10.3. The maximum atomic E-state index is 13.2. The van der Waals surface area contributed by atoms with Crippen LogP contribution in [0.15, 0.2) is 68.8 Å². The molecule has 1 amide bonds. The Labute approximate surface area is 187 Å². The van der Waals surface area contributed by atoms with Crippen molar-refractivity contribution in [3.63, 3.8) is 0 Å². The van der Waals surface area contributed by atoms with Gasteiger partial charge in [0.1, 0.15) is 0 Å².